The van der Waals surface area contributed by atoms with E-state index in [1.54, 1.807) is 0 Å². The fourth-order valence-corrected chi connectivity index (χ4v) is 4.42. The van der Waals surface area contributed by atoms with Crippen LogP contribution in [-0.4, -0.2) is 30.5 Å². The van der Waals surface area contributed by atoms with Crippen molar-refractivity contribution in [1.29, 1.82) is 0 Å². The van der Waals surface area contributed by atoms with Crippen LogP contribution in [-0.2, 0) is 17.6 Å². The monoisotopic (exact) mass is 405 g/mol. The zero-order valence-electron chi connectivity index (χ0n) is 15.1. The summed E-state index contributed by atoms with van der Waals surface area (Å²) in [5, 5.41) is 14.2. The van der Waals surface area contributed by atoms with Gasteiger partial charge in [-0.1, -0.05) is 0 Å². The van der Waals surface area contributed by atoms with Gasteiger partial charge in [-0.2, -0.15) is 0 Å². The predicted molar refractivity (Wildman–Crippen MR) is 103 cm³/mol. The summed E-state index contributed by atoms with van der Waals surface area (Å²) in [6.45, 7) is -0.450. The summed E-state index contributed by atoms with van der Waals surface area (Å²) in [6, 6.07) is 4.08. The lowest BCUT2D eigenvalue weighted by atomic mass is 9.95. The number of nitrogens with one attached hydrogen (secondary N) is 1. The molecule has 0 unspecified atom stereocenters. The average Bonchev–Trinajstić information content (AvgIpc) is 3.04. The topological polar surface area (TPSA) is 134 Å². The number of methoxy groups -OCH3 is 1. The van der Waals surface area contributed by atoms with E-state index >= 15 is 0 Å². The number of benzene rings is 1. The first-order valence-corrected chi connectivity index (χ1v) is 9.41. The fourth-order valence-electron chi connectivity index (χ4n) is 3.11. The molecule has 0 fully saturated rings. The lowest BCUT2D eigenvalue weighted by molar-refractivity contribution is -0.385. The molecule has 1 aliphatic carbocycles. The molecule has 0 aliphatic heterocycles. The van der Waals surface area contributed by atoms with E-state index in [1.165, 1.54) is 36.6 Å². The van der Waals surface area contributed by atoms with Gasteiger partial charge in [-0.3, -0.25) is 19.7 Å². The lowest BCUT2D eigenvalue weighted by Crippen LogP contribution is -2.22. The van der Waals surface area contributed by atoms with E-state index in [2.05, 4.69) is 5.32 Å². The minimum Gasteiger partial charge on any atom is -0.496 e. The molecule has 148 valence electrons. The van der Waals surface area contributed by atoms with Crippen molar-refractivity contribution in [2.75, 3.05) is 19.0 Å². The Labute approximate surface area is 164 Å². The summed E-state index contributed by atoms with van der Waals surface area (Å²) in [5.41, 5.74) is 6.45. The second-order valence-corrected chi connectivity index (χ2v) is 7.31. The van der Waals surface area contributed by atoms with Gasteiger partial charge in [0, 0.05) is 4.88 Å². The number of fused-ring (bicyclic) bond motifs is 1. The summed E-state index contributed by atoms with van der Waals surface area (Å²) in [4.78, 5) is 35.8. The lowest BCUT2D eigenvalue weighted by Gasteiger charge is -2.11. The highest BCUT2D eigenvalue weighted by molar-refractivity contribution is 7.17. The van der Waals surface area contributed by atoms with Crippen LogP contribution in [0.2, 0.25) is 0 Å². The van der Waals surface area contributed by atoms with Crippen molar-refractivity contribution in [2.24, 2.45) is 5.73 Å². The van der Waals surface area contributed by atoms with Gasteiger partial charge in [0.2, 0.25) is 0 Å². The number of carbonyl (C=O) groups excluding carboxylic acids is 2. The van der Waals surface area contributed by atoms with Gasteiger partial charge < -0.3 is 20.5 Å². The number of thiophene rings is 1. The zero-order valence-corrected chi connectivity index (χ0v) is 16.0. The van der Waals surface area contributed by atoms with Gasteiger partial charge in [0.15, 0.2) is 12.4 Å². The van der Waals surface area contributed by atoms with Gasteiger partial charge in [-0.05, 0) is 43.4 Å². The largest absolute Gasteiger partial charge is 0.496 e. The highest BCUT2D eigenvalue weighted by Crippen LogP contribution is 2.38. The van der Waals surface area contributed by atoms with Gasteiger partial charge in [0.25, 0.3) is 11.8 Å². The molecule has 0 saturated heterocycles. The van der Waals surface area contributed by atoms with Crippen LogP contribution in [0.3, 0.4) is 0 Å². The second kappa shape index (κ2) is 8.26. The molecule has 0 saturated carbocycles. The molecular formula is C18H19N3O6S. The van der Waals surface area contributed by atoms with Gasteiger partial charge in [-0.15, -0.1) is 11.3 Å². The number of hydrogen-bond donors (Lipinski definition) is 2. The number of rotatable bonds is 7. The molecule has 3 rings (SSSR count). The first-order chi connectivity index (χ1) is 13.4. The van der Waals surface area contributed by atoms with Crippen LogP contribution in [0.5, 0.6) is 11.5 Å². The van der Waals surface area contributed by atoms with Crippen LogP contribution in [0, 0.1) is 10.1 Å². The summed E-state index contributed by atoms with van der Waals surface area (Å²) < 4.78 is 10.3. The first kappa shape index (κ1) is 19.6. The molecule has 10 heteroatoms. The minimum atomic E-state index is -0.617. The molecule has 1 heterocycles. The number of nitrogens with two attached hydrogens (primary N) is 1. The van der Waals surface area contributed by atoms with Crippen molar-refractivity contribution in [1.82, 2.24) is 0 Å². The number of carbonyl (C=O) groups is 2. The Bertz CT molecular complexity index is 940. The maximum absolute atomic E-state index is 12.3. The molecular weight excluding hydrogens is 386 g/mol. The number of nitro benzene ring substituents is 1. The van der Waals surface area contributed by atoms with E-state index in [0.29, 0.717) is 16.3 Å². The Hall–Kier alpha value is -3.14. The molecule has 1 aromatic heterocycles. The van der Waals surface area contributed by atoms with E-state index in [-0.39, 0.29) is 11.4 Å². The summed E-state index contributed by atoms with van der Waals surface area (Å²) in [6.07, 6.45) is 3.62. The highest BCUT2D eigenvalue weighted by Gasteiger charge is 2.25. The van der Waals surface area contributed by atoms with Crippen molar-refractivity contribution in [3.63, 3.8) is 0 Å². The van der Waals surface area contributed by atoms with Gasteiger partial charge in [-0.25, -0.2) is 0 Å². The van der Waals surface area contributed by atoms with Crippen molar-refractivity contribution < 1.29 is 24.0 Å². The maximum atomic E-state index is 12.3. The van der Waals surface area contributed by atoms with E-state index in [9.17, 15) is 19.7 Å². The highest BCUT2D eigenvalue weighted by atomic mass is 32.1. The summed E-state index contributed by atoms with van der Waals surface area (Å²) in [5.74, 6) is -0.868. The second-order valence-electron chi connectivity index (χ2n) is 6.21. The smallest absolute Gasteiger partial charge is 0.314 e. The number of aryl methyl sites for hydroxylation is 1. The van der Waals surface area contributed by atoms with E-state index < -0.39 is 23.3 Å². The summed E-state index contributed by atoms with van der Waals surface area (Å²) in [7, 11) is 1.39. The third-order valence-electron chi connectivity index (χ3n) is 4.39. The number of nitro groups is 1. The van der Waals surface area contributed by atoms with Crippen molar-refractivity contribution in [3.8, 4) is 11.5 Å². The number of nitrogens with zero attached hydrogens (tertiary/aromatic N) is 1. The molecule has 0 radical (unpaired) electrons. The molecule has 28 heavy (non-hydrogen) atoms. The Balaban J connectivity index is 1.73. The van der Waals surface area contributed by atoms with Crippen LogP contribution < -0.4 is 20.5 Å². The number of ether oxygens (including phenoxy) is 2. The molecule has 3 N–H and O–H groups in total. The fraction of sp³-hybridized carbons (Fsp3) is 0.333. The average molecular weight is 405 g/mol. The number of hydrogen-bond acceptors (Lipinski definition) is 7. The van der Waals surface area contributed by atoms with E-state index in [1.807, 2.05) is 0 Å². The molecule has 9 nitrogen and oxygen atoms in total. The number of primary amides is 1. The Morgan fingerprint density at radius 2 is 2.07 bits per heavy atom. The molecule has 1 aromatic carbocycles. The normalized spacial score (nSPS) is 12.8. The predicted octanol–water partition coefficient (Wildman–Crippen LogP) is 2.66. The van der Waals surface area contributed by atoms with Crippen LogP contribution in [0.15, 0.2) is 18.2 Å². The Kier molecular flexibility index (Phi) is 5.78. The molecule has 1 aliphatic rings. The maximum Gasteiger partial charge on any atom is 0.314 e. The van der Waals surface area contributed by atoms with E-state index in [0.717, 1.165) is 36.1 Å². The SMILES string of the molecule is COc1ccc(OCC(=O)Nc2sc3c(c2C(N)=O)CCCC3)c([N+](=O)[O-])c1. The molecule has 0 spiro atoms. The van der Waals surface area contributed by atoms with Crippen LogP contribution in [0.4, 0.5) is 10.7 Å². The van der Waals surface area contributed by atoms with Gasteiger partial charge in [0.05, 0.1) is 23.7 Å². The molecule has 0 bridgehead atoms. The Morgan fingerprint density at radius 3 is 2.75 bits per heavy atom. The molecule has 2 amide bonds. The quantitative estimate of drug-likeness (QED) is 0.537. The minimum absolute atomic E-state index is 0.0541. The van der Waals surface area contributed by atoms with Crippen LogP contribution in [0.25, 0.3) is 0 Å². The van der Waals surface area contributed by atoms with E-state index in [4.69, 9.17) is 15.2 Å². The molecule has 2 aromatic rings. The van der Waals surface area contributed by atoms with Crippen molar-refractivity contribution in [3.05, 3.63) is 44.3 Å². The third kappa shape index (κ3) is 4.06. The van der Waals surface area contributed by atoms with Gasteiger partial charge in [0.1, 0.15) is 10.8 Å². The molecule has 0 atom stereocenters. The number of amides is 2. The van der Waals surface area contributed by atoms with Gasteiger partial charge >= 0.3 is 5.69 Å². The first-order valence-electron chi connectivity index (χ1n) is 8.60. The van der Waals surface area contributed by atoms with Crippen LogP contribution >= 0.6 is 11.3 Å². The Morgan fingerprint density at radius 1 is 1.32 bits per heavy atom. The zero-order chi connectivity index (χ0) is 20.3. The van der Waals surface area contributed by atoms with Crippen molar-refractivity contribution in [2.45, 2.75) is 25.7 Å². The standard InChI is InChI=1S/C18H19N3O6S/c1-26-10-6-7-13(12(8-10)21(24)25)27-9-15(22)20-18-16(17(19)23)11-4-2-3-5-14(11)28-18/h6-8H,2-5,9H2,1H3,(H2,19,23)(H,20,22). The number of anilines is 1. The third-order valence-corrected chi connectivity index (χ3v) is 5.60. The summed E-state index contributed by atoms with van der Waals surface area (Å²) >= 11 is 1.34. The van der Waals surface area contributed by atoms with Crippen LogP contribution in [0.1, 0.15) is 33.6 Å². The van der Waals surface area contributed by atoms with Crippen molar-refractivity contribution >= 4 is 33.8 Å².